The van der Waals surface area contributed by atoms with E-state index >= 15 is 0 Å². The molecule has 7 heteroatoms. The molecule has 0 aliphatic rings. The fraction of sp³-hybridized carbons (Fsp3) is 0.290. The first kappa shape index (κ1) is 26.8. The van der Waals surface area contributed by atoms with Gasteiger partial charge in [0.05, 0.1) is 5.92 Å². The fourth-order valence-electron chi connectivity index (χ4n) is 4.12. The Bertz CT molecular complexity index is 1270. The van der Waals surface area contributed by atoms with Crippen LogP contribution < -0.4 is 10.5 Å². The zero-order chi connectivity index (χ0) is 26.7. The summed E-state index contributed by atoms with van der Waals surface area (Å²) in [4.78, 5) is 26.5. The van der Waals surface area contributed by atoms with Crippen molar-refractivity contribution in [1.29, 1.82) is 0 Å². The second-order valence-corrected chi connectivity index (χ2v) is 9.05. The molecule has 3 aromatic carbocycles. The highest BCUT2D eigenvalue weighted by Gasteiger charge is 2.17. The molecule has 0 amide bonds. The number of anilines is 1. The van der Waals surface area contributed by atoms with Gasteiger partial charge in [-0.2, -0.15) is 0 Å². The molecule has 7 nitrogen and oxygen atoms in total. The molecule has 1 atom stereocenters. The molecule has 4 rings (SSSR count). The van der Waals surface area contributed by atoms with Gasteiger partial charge in [0, 0.05) is 28.4 Å². The first-order chi connectivity index (χ1) is 18.6. The van der Waals surface area contributed by atoms with E-state index in [-0.39, 0.29) is 25.1 Å². The van der Waals surface area contributed by atoms with Gasteiger partial charge in [0.2, 0.25) is 0 Å². The minimum absolute atomic E-state index is 0.0493. The Hall–Kier alpha value is -4.26. The number of hydrogen-bond acceptors (Lipinski definition) is 7. The Morgan fingerprint density at radius 3 is 1.97 bits per heavy atom. The van der Waals surface area contributed by atoms with E-state index in [0.717, 1.165) is 36.8 Å². The van der Waals surface area contributed by atoms with Crippen LogP contribution in [0.3, 0.4) is 0 Å². The van der Waals surface area contributed by atoms with Crippen molar-refractivity contribution in [2.75, 3.05) is 18.9 Å². The lowest BCUT2D eigenvalue weighted by molar-refractivity contribution is -0.149. The van der Waals surface area contributed by atoms with E-state index in [9.17, 15) is 4.79 Å². The van der Waals surface area contributed by atoms with E-state index < -0.39 is 0 Å². The Balaban J connectivity index is 1.49. The summed E-state index contributed by atoms with van der Waals surface area (Å²) in [6, 6.07) is 25.0. The van der Waals surface area contributed by atoms with E-state index in [1.807, 2.05) is 79.7 Å². The molecule has 0 saturated carbocycles. The molecule has 1 aromatic heterocycles. The Morgan fingerprint density at radius 1 is 0.816 bits per heavy atom. The number of carbonyl (C=O) groups excluding carboxylic acids is 1. The molecule has 1 unspecified atom stereocenters. The lowest BCUT2D eigenvalue weighted by Gasteiger charge is -2.14. The van der Waals surface area contributed by atoms with Crippen molar-refractivity contribution < 1.29 is 14.3 Å². The number of nitrogen functional groups attached to an aromatic ring is 1. The zero-order valence-corrected chi connectivity index (χ0v) is 22.0. The van der Waals surface area contributed by atoms with Gasteiger partial charge in [-0.05, 0) is 25.0 Å². The molecule has 0 aliphatic carbocycles. The largest absolute Gasteiger partial charge is 0.490 e. The van der Waals surface area contributed by atoms with Crippen molar-refractivity contribution in [2.45, 2.75) is 39.5 Å². The molecule has 0 spiro atoms. The number of aromatic nitrogens is 3. The first-order valence-electron chi connectivity index (χ1n) is 13.1. The average Bonchev–Trinajstić information content (AvgIpc) is 2.96. The van der Waals surface area contributed by atoms with Gasteiger partial charge in [-0.25, -0.2) is 15.0 Å². The molecule has 0 bridgehead atoms. The number of benzene rings is 3. The second-order valence-electron chi connectivity index (χ2n) is 9.05. The van der Waals surface area contributed by atoms with E-state index in [2.05, 4.69) is 6.92 Å². The summed E-state index contributed by atoms with van der Waals surface area (Å²) in [5.41, 5.74) is 9.37. The number of unbranched alkanes of at least 4 members (excludes halogenated alkanes) is 1. The normalized spacial score (nSPS) is 11.6. The highest BCUT2D eigenvalue weighted by atomic mass is 16.6. The quantitative estimate of drug-likeness (QED) is 0.130. The molecule has 0 saturated heterocycles. The second kappa shape index (κ2) is 13.3. The third-order valence-corrected chi connectivity index (χ3v) is 6.29. The van der Waals surface area contributed by atoms with Crippen LogP contribution in [0.15, 0.2) is 78.9 Å². The highest BCUT2D eigenvalue weighted by Crippen LogP contribution is 2.30. The van der Waals surface area contributed by atoms with Gasteiger partial charge in [-0.1, -0.05) is 87.4 Å². The lowest BCUT2D eigenvalue weighted by Crippen LogP contribution is -2.20. The van der Waals surface area contributed by atoms with Crippen LogP contribution in [0, 0.1) is 5.92 Å². The molecule has 1 heterocycles. The average molecular weight is 511 g/mol. The molecule has 0 radical (unpaired) electrons. The summed E-state index contributed by atoms with van der Waals surface area (Å²) >= 11 is 0. The summed E-state index contributed by atoms with van der Waals surface area (Å²) < 4.78 is 11.2. The fourth-order valence-corrected chi connectivity index (χ4v) is 4.12. The molecule has 0 aliphatic heterocycles. The minimum atomic E-state index is -0.155. The van der Waals surface area contributed by atoms with Crippen LogP contribution >= 0.6 is 0 Å². The Kier molecular flexibility index (Phi) is 9.40. The third-order valence-electron chi connectivity index (χ3n) is 6.29. The van der Waals surface area contributed by atoms with Crippen LogP contribution in [0.4, 0.5) is 5.69 Å². The van der Waals surface area contributed by atoms with E-state index in [4.69, 9.17) is 30.2 Å². The molecule has 0 fully saturated rings. The van der Waals surface area contributed by atoms with E-state index in [1.165, 1.54) is 0 Å². The van der Waals surface area contributed by atoms with Crippen LogP contribution in [0.1, 0.15) is 39.5 Å². The summed E-state index contributed by atoms with van der Waals surface area (Å²) in [5, 5.41) is 0. The van der Waals surface area contributed by atoms with Crippen LogP contribution in [0.5, 0.6) is 5.75 Å². The lowest BCUT2D eigenvalue weighted by atomic mass is 10.00. The minimum Gasteiger partial charge on any atom is -0.490 e. The number of rotatable bonds is 12. The van der Waals surface area contributed by atoms with Crippen molar-refractivity contribution in [2.24, 2.45) is 5.92 Å². The predicted octanol–water partition coefficient (Wildman–Crippen LogP) is 6.59. The standard InChI is InChI=1S/C31H34N4O3/c1-3-5-12-22(4-2)31(36)38-20-19-37-25-17-18-26(27(32)21-25)30-34-28(23-13-8-6-9-14-23)33-29(35-30)24-15-10-7-11-16-24/h6-11,13-18,21-22H,3-5,12,19-20,32H2,1-2H3. The number of ether oxygens (including phenoxy) is 2. The monoisotopic (exact) mass is 510 g/mol. The smallest absolute Gasteiger partial charge is 0.309 e. The molecule has 38 heavy (non-hydrogen) atoms. The number of carbonyl (C=O) groups is 1. The van der Waals surface area contributed by atoms with Crippen LogP contribution in [0.25, 0.3) is 34.2 Å². The summed E-state index contributed by atoms with van der Waals surface area (Å²) in [7, 11) is 0. The topological polar surface area (TPSA) is 100 Å². The van der Waals surface area contributed by atoms with Crippen molar-refractivity contribution in [1.82, 2.24) is 15.0 Å². The van der Waals surface area contributed by atoms with Crippen LogP contribution in [0.2, 0.25) is 0 Å². The maximum Gasteiger partial charge on any atom is 0.309 e. The van der Waals surface area contributed by atoms with Gasteiger partial charge in [-0.3, -0.25) is 4.79 Å². The first-order valence-corrected chi connectivity index (χ1v) is 13.1. The number of hydrogen-bond donors (Lipinski definition) is 1. The van der Waals surface area contributed by atoms with E-state index in [0.29, 0.717) is 34.5 Å². The van der Waals surface area contributed by atoms with Gasteiger partial charge in [0.1, 0.15) is 19.0 Å². The van der Waals surface area contributed by atoms with E-state index in [1.54, 1.807) is 6.07 Å². The maximum atomic E-state index is 12.3. The summed E-state index contributed by atoms with van der Waals surface area (Å²) in [6.45, 7) is 4.57. The van der Waals surface area contributed by atoms with Gasteiger partial charge >= 0.3 is 5.97 Å². The Morgan fingerprint density at radius 2 is 1.42 bits per heavy atom. The van der Waals surface area contributed by atoms with Gasteiger partial charge in [0.25, 0.3) is 0 Å². The van der Waals surface area contributed by atoms with Gasteiger partial charge in [0.15, 0.2) is 17.5 Å². The van der Waals surface area contributed by atoms with Crippen molar-refractivity contribution in [3.63, 3.8) is 0 Å². The zero-order valence-electron chi connectivity index (χ0n) is 22.0. The Labute approximate surface area is 224 Å². The number of nitrogens with zero attached hydrogens (tertiary/aromatic N) is 3. The molecular formula is C31H34N4O3. The van der Waals surface area contributed by atoms with Gasteiger partial charge in [-0.15, -0.1) is 0 Å². The highest BCUT2D eigenvalue weighted by molar-refractivity contribution is 5.75. The maximum absolute atomic E-state index is 12.3. The van der Waals surface area contributed by atoms with Crippen molar-refractivity contribution >= 4 is 11.7 Å². The summed E-state index contributed by atoms with van der Waals surface area (Å²) in [6.07, 6.45) is 3.74. The summed E-state index contributed by atoms with van der Waals surface area (Å²) in [5.74, 6) is 2.00. The number of nitrogens with two attached hydrogens (primary N) is 1. The predicted molar refractivity (Wildman–Crippen MR) is 150 cm³/mol. The third kappa shape index (κ3) is 6.94. The van der Waals surface area contributed by atoms with Gasteiger partial charge < -0.3 is 15.2 Å². The SMILES string of the molecule is CCCCC(CC)C(=O)OCCOc1ccc(-c2nc(-c3ccccc3)nc(-c3ccccc3)n2)c(N)c1. The van der Waals surface area contributed by atoms with Crippen LogP contribution in [-0.2, 0) is 9.53 Å². The molecular weight excluding hydrogens is 476 g/mol. The number of esters is 1. The molecule has 4 aromatic rings. The molecule has 196 valence electrons. The van der Waals surface area contributed by atoms with Crippen LogP contribution in [-0.4, -0.2) is 34.1 Å². The molecule has 2 N–H and O–H groups in total. The van der Waals surface area contributed by atoms with Crippen molar-refractivity contribution in [3.05, 3.63) is 78.9 Å². The van der Waals surface area contributed by atoms with Crippen molar-refractivity contribution in [3.8, 4) is 39.9 Å².